The van der Waals surface area contributed by atoms with Crippen molar-refractivity contribution in [3.8, 4) is 11.4 Å². The Bertz CT molecular complexity index is 650. The van der Waals surface area contributed by atoms with Crippen LogP contribution in [0.4, 0.5) is 0 Å². The summed E-state index contributed by atoms with van der Waals surface area (Å²) in [5, 5.41) is 28.1. The molecule has 0 saturated heterocycles. The summed E-state index contributed by atoms with van der Waals surface area (Å²) in [5.41, 5.74) is -1.14. The molecular formula is C13H15N3O5S. The number of aliphatic carboxylic acids is 1. The van der Waals surface area contributed by atoms with Crippen LogP contribution in [0, 0.1) is 0 Å². The highest BCUT2D eigenvalue weighted by atomic mass is 32.1. The summed E-state index contributed by atoms with van der Waals surface area (Å²) in [7, 11) is 0. The van der Waals surface area contributed by atoms with Crippen LogP contribution in [0.5, 0.6) is 0 Å². The smallest absolute Gasteiger partial charge is 0.337 e. The molecule has 9 heteroatoms. The first-order valence-corrected chi connectivity index (χ1v) is 7.40. The van der Waals surface area contributed by atoms with E-state index in [1.807, 2.05) is 16.8 Å². The van der Waals surface area contributed by atoms with Crippen molar-refractivity contribution in [2.24, 2.45) is 0 Å². The van der Waals surface area contributed by atoms with E-state index in [9.17, 15) is 14.7 Å². The largest absolute Gasteiger partial charge is 0.479 e. The lowest BCUT2D eigenvalue weighted by atomic mass is 10.1. The number of carbonyl (C=O) groups excluding carboxylic acids is 1. The number of carbonyl (C=O) groups is 2. The van der Waals surface area contributed by atoms with Crippen LogP contribution in [0.15, 0.2) is 21.3 Å². The molecule has 0 bridgehead atoms. The van der Waals surface area contributed by atoms with E-state index in [0.29, 0.717) is 11.7 Å². The maximum absolute atomic E-state index is 11.6. The maximum Gasteiger partial charge on any atom is 0.337 e. The number of nitrogens with zero attached hydrogens (tertiary/aromatic N) is 2. The standard InChI is InChI=1S/C13H15N3O5S/c1-13(20,12(18)19)7-14-9(17)2-3-10-15-11(16-21-10)8-4-5-22-6-8/h4-6,20H,2-3,7H2,1H3,(H,14,17)(H,18,19). The Morgan fingerprint density at radius 1 is 1.50 bits per heavy atom. The van der Waals surface area contributed by atoms with Crippen molar-refractivity contribution in [3.05, 3.63) is 22.7 Å². The number of aryl methyl sites for hydroxylation is 1. The number of thiophene rings is 1. The quantitative estimate of drug-likeness (QED) is 0.683. The number of amides is 1. The molecule has 2 rings (SSSR count). The van der Waals surface area contributed by atoms with Crippen LogP contribution < -0.4 is 5.32 Å². The van der Waals surface area contributed by atoms with Crippen molar-refractivity contribution < 1.29 is 24.3 Å². The average Bonchev–Trinajstić information content (AvgIpc) is 3.13. The lowest BCUT2D eigenvalue weighted by molar-refractivity contribution is -0.156. The molecule has 1 atom stereocenters. The molecule has 22 heavy (non-hydrogen) atoms. The Morgan fingerprint density at radius 3 is 2.91 bits per heavy atom. The van der Waals surface area contributed by atoms with Crippen LogP contribution in [-0.4, -0.2) is 44.4 Å². The van der Waals surface area contributed by atoms with Crippen molar-refractivity contribution in [3.63, 3.8) is 0 Å². The third kappa shape index (κ3) is 4.12. The lowest BCUT2D eigenvalue weighted by Crippen LogP contribution is -2.46. The monoisotopic (exact) mass is 325 g/mol. The van der Waals surface area contributed by atoms with Gasteiger partial charge < -0.3 is 20.1 Å². The van der Waals surface area contributed by atoms with Crippen LogP contribution in [-0.2, 0) is 16.0 Å². The summed E-state index contributed by atoms with van der Waals surface area (Å²) in [6.45, 7) is 0.742. The van der Waals surface area contributed by atoms with Crippen LogP contribution in [0.3, 0.4) is 0 Å². The van der Waals surface area contributed by atoms with Gasteiger partial charge in [-0.2, -0.15) is 16.3 Å². The molecule has 2 aromatic rings. The van der Waals surface area contributed by atoms with Gasteiger partial charge in [0, 0.05) is 23.8 Å². The van der Waals surface area contributed by atoms with Gasteiger partial charge in [-0.15, -0.1) is 0 Å². The average molecular weight is 325 g/mol. The molecular weight excluding hydrogens is 310 g/mol. The van der Waals surface area contributed by atoms with E-state index in [1.165, 1.54) is 11.3 Å². The van der Waals surface area contributed by atoms with Gasteiger partial charge in [-0.1, -0.05) is 5.16 Å². The minimum Gasteiger partial charge on any atom is -0.479 e. The summed E-state index contributed by atoms with van der Waals surface area (Å²) in [6, 6.07) is 1.86. The second-order valence-electron chi connectivity index (χ2n) is 4.88. The van der Waals surface area contributed by atoms with Crippen molar-refractivity contribution in [1.82, 2.24) is 15.5 Å². The fourth-order valence-corrected chi connectivity index (χ4v) is 2.15. The Labute approximate surface area is 129 Å². The molecule has 118 valence electrons. The minimum absolute atomic E-state index is 0.0565. The molecule has 0 aliphatic rings. The van der Waals surface area contributed by atoms with Gasteiger partial charge >= 0.3 is 5.97 Å². The molecule has 0 aliphatic heterocycles. The molecule has 0 spiro atoms. The van der Waals surface area contributed by atoms with Crippen LogP contribution >= 0.6 is 11.3 Å². The van der Waals surface area contributed by atoms with Crippen molar-refractivity contribution in [1.29, 1.82) is 0 Å². The first kappa shape index (κ1) is 16.1. The second-order valence-corrected chi connectivity index (χ2v) is 5.66. The number of hydrogen-bond acceptors (Lipinski definition) is 7. The van der Waals surface area contributed by atoms with E-state index < -0.39 is 17.5 Å². The number of hydrogen-bond donors (Lipinski definition) is 3. The van der Waals surface area contributed by atoms with E-state index in [4.69, 9.17) is 9.63 Å². The maximum atomic E-state index is 11.6. The number of aromatic nitrogens is 2. The highest BCUT2D eigenvalue weighted by molar-refractivity contribution is 7.08. The van der Waals surface area contributed by atoms with E-state index in [-0.39, 0.29) is 19.4 Å². The van der Waals surface area contributed by atoms with Crippen molar-refractivity contribution >= 4 is 23.2 Å². The number of carboxylic acid groups (broad SMARTS) is 1. The Kier molecular flexibility index (Phi) is 4.88. The predicted molar refractivity (Wildman–Crippen MR) is 77.2 cm³/mol. The minimum atomic E-state index is -1.99. The van der Waals surface area contributed by atoms with Crippen LogP contribution in [0.1, 0.15) is 19.2 Å². The molecule has 2 aromatic heterocycles. The van der Waals surface area contributed by atoms with Crippen LogP contribution in [0.25, 0.3) is 11.4 Å². The fraction of sp³-hybridized carbons (Fsp3) is 0.385. The molecule has 1 amide bonds. The molecule has 1 unspecified atom stereocenters. The fourth-order valence-electron chi connectivity index (χ4n) is 1.52. The number of rotatable bonds is 7. The van der Waals surface area contributed by atoms with E-state index in [2.05, 4.69) is 15.5 Å². The normalized spacial score (nSPS) is 13.5. The Morgan fingerprint density at radius 2 is 2.27 bits per heavy atom. The Balaban J connectivity index is 1.81. The molecule has 0 saturated carbocycles. The van der Waals surface area contributed by atoms with E-state index in [1.54, 1.807) is 0 Å². The summed E-state index contributed by atoms with van der Waals surface area (Å²) < 4.78 is 5.04. The molecule has 3 N–H and O–H groups in total. The summed E-state index contributed by atoms with van der Waals surface area (Å²) in [5.74, 6) is -1.02. The van der Waals surface area contributed by atoms with Crippen molar-refractivity contribution in [2.45, 2.75) is 25.4 Å². The van der Waals surface area contributed by atoms with E-state index >= 15 is 0 Å². The number of carboxylic acids is 1. The molecule has 8 nitrogen and oxygen atoms in total. The Hall–Kier alpha value is -2.26. The SMILES string of the molecule is CC(O)(CNC(=O)CCc1nc(-c2ccsc2)no1)C(=O)O. The zero-order valence-electron chi connectivity index (χ0n) is 11.8. The van der Waals surface area contributed by atoms with Gasteiger partial charge in [0.05, 0.1) is 6.54 Å². The van der Waals surface area contributed by atoms with Crippen LogP contribution in [0.2, 0.25) is 0 Å². The number of nitrogens with one attached hydrogen (secondary N) is 1. The van der Waals surface area contributed by atoms with Gasteiger partial charge in [0.2, 0.25) is 17.6 Å². The van der Waals surface area contributed by atoms with Gasteiger partial charge in [-0.25, -0.2) is 4.79 Å². The zero-order valence-corrected chi connectivity index (χ0v) is 12.6. The topological polar surface area (TPSA) is 126 Å². The van der Waals surface area contributed by atoms with Gasteiger partial charge in [-0.3, -0.25) is 4.79 Å². The van der Waals surface area contributed by atoms with Gasteiger partial charge in [-0.05, 0) is 18.4 Å². The highest BCUT2D eigenvalue weighted by Gasteiger charge is 2.30. The highest BCUT2D eigenvalue weighted by Crippen LogP contribution is 2.18. The van der Waals surface area contributed by atoms with Gasteiger partial charge in [0.15, 0.2) is 5.60 Å². The van der Waals surface area contributed by atoms with E-state index in [0.717, 1.165) is 12.5 Å². The third-order valence-electron chi connectivity index (χ3n) is 2.90. The zero-order chi connectivity index (χ0) is 16.2. The summed E-state index contributed by atoms with van der Waals surface area (Å²) in [6.07, 6.45) is 0.291. The second kappa shape index (κ2) is 6.67. The molecule has 0 aliphatic carbocycles. The molecule has 2 heterocycles. The van der Waals surface area contributed by atoms with Gasteiger partial charge in [0.25, 0.3) is 0 Å². The lowest BCUT2D eigenvalue weighted by Gasteiger charge is -2.17. The molecule has 0 fully saturated rings. The molecule has 0 aromatic carbocycles. The molecule has 0 radical (unpaired) electrons. The first-order chi connectivity index (χ1) is 10.4. The third-order valence-corrected chi connectivity index (χ3v) is 3.59. The summed E-state index contributed by atoms with van der Waals surface area (Å²) >= 11 is 1.52. The van der Waals surface area contributed by atoms with Gasteiger partial charge in [0.1, 0.15) is 0 Å². The predicted octanol–water partition coefficient (Wildman–Crippen LogP) is 0.683. The summed E-state index contributed by atoms with van der Waals surface area (Å²) in [4.78, 5) is 26.5. The van der Waals surface area contributed by atoms with Crippen molar-refractivity contribution in [2.75, 3.05) is 6.54 Å². The number of aliphatic hydroxyl groups is 1. The first-order valence-electron chi connectivity index (χ1n) is 6.46.